The predicted octanol–water partition coefficient (Wildman–Crippen LogP) is 3.71. The highest BCUT2D eigenvalue weighted by Crippen LogP contribution is 2.24. The smallest absolute Gasteiger partial charge is 0.437 e. The number of hydrogen-bond donors (Lipinski definition) is 0. The summed E-state index contributed by atoms with van der Waals surface area (Å²) in [5.41, 5.74) is -1.31. The number of oxime groups is 1. The van der Waals surface area contributed by atoms with E-state index in [0.29, 0.717) is 11.3 Å². The SMILES string of the molecule is COc1ccc(S(=O)(=O)ON=C(c2ccc(C=S)cc2)C(F)(F)F)cc1. The first kappa shape index (κ1) is 19.9. The van der Waals surface area contributed by atoms with Gasteiger partial charge in [0, 0.05) is 10.9 Å². The molecule has 0 amide bonds. The molecule has 0 unspecified atom stereocenters. The Morgan fingerprint density at radius 1 is 1.08 bits per heavy atom. The summed E-state index contributed by atoms with van der Waals surface area (Å²) in [5.74, 6) is 0.377. The molecule has 2 aromatic carbocycles. The highest BCUT2D eigenvalue weighted by molar-refractivity contribution is 7.86. The van der Waals surface area contributed by atoms with Crippen molar-refractivity contribution in [2.75, 3.05) is 7.11 Å². The van der Waals surface area contributed by atoms with E-state index in [0.717, 1.165) is 24.3 Å². The first-order valence-corrected chi connectivity index (χ1v) is 8.84. The van der Waals surface area contributed by atoms with E-state index in [1.54, 1.807) is 0 Å². The number of nitrogens with zero attached hydrogens (tertiary/aromatic N) is 1. The Morgan fingerprint density at radius 2 is 1.65 bits per heavy atom. The molecule has 0 aliphatic rings. The Kier molecular flexibility index (Phi) is 5.98. The molecule has 0 heterocycles. The molecule has 0 spiro atoms. The minimum Gasteiger partial charge on any atom is -0.497 e. The van der Waals surface area contributed by atoms with Crippen molar-refractivity contribution in [3.05, 3.63) is 59.7 Å². The van der Waals surface area contributed by atoms with Gasteiger partial charge in [0.2, 0.25) is 0 Å². The maximum absolute atomic E-state index is 13.2. The van der Waals surface area contributed by atoms with Crippen LogP contribution in [0.3, 0.4) is 0 Å². The standard InChI is InChI=1S/C16H12F3NO4S2/c1-23-13-6-8-14(9-7-13)26(21,22)24-20-15(16(17,18)19)12-4-2-11(10-25)3-5-12/h2-10H,1H3. The second-order valence-corrected chi connectivity index (χ2v) is 6.65. The number of hydrogen-bond acceptors (Lipinski definition) is 6. The maximum Gasteiger partial charge on any atom is 0.437 e. The van der Waals surface area contributed by atoms with Crippen LogP contribution < -0.4 is 4.74 Å². The van der Waals surface area contributed by atoms with Crippen molar-refractivity contribution >= 4 is 33.4 Å². The molecule has 0 saturated heterocycles. The van der Waals surface area contributed by atoms with Crippen molar-refractivity contribution in [1.29, 1.82) is 0 Å². The molecule has 0 aromatic heterocycles. The first-order valence-electron chi connectivity index (χ1n) is 6.96. The zero-order chi connectivity index (χ0) is 19.4. The van der Waals surface area contributed by atoms with E-state index in [1.165, 1.54) is 36.7 Å². The van der Waals surface area contributed by atoms with Crippen molar-refractivity contribution in [3.63, 3.8) is 0 Å². The second kappa shape index (κ2) is 7.83. The molecule has 2 rings (SSSR count). The van der Waals surface area contributed by atoms with Crippen molar-refractivity contribution in [2.45, 2.75) is 11.1 Å². The molecule has 0 bridgehead atoms. The highest BCUT2D eigenvalue weighted by Gasteiger charge is 2.38. The summed E-state index contributed by atoms with van der Waals surface area (Å²) in [7, 11) is -3.14. The quantitative estimate of drug-likeness (QED) is 0.418. The summed E-state index contributed by atoms with van der Waals surface area (Å²) in [6.45, 7) is 0. The van der Waals surface area contributed by atoms with E-state index in [2.05, 4.69) is 21.7 Å². The van der Waals surface area contributed by atoms with Gasteiger partial charge >= 0.3 is 16.3 Å². The fourth-order valence-electron chi connectivity index (χ4n) is 1.86. The Hall–Kier alpha value is -2.46. The van der Waals surface area contributed by atoms with Gasteiger partial charge in [-0.2, -0.15) is 21.6 Å². The fourth-order valence-corrected chi connectivity index (χ4v) is 2.74. The van der Waals surface area contributed by atoms with Gasteiger partial charge in [0.25, 0.3) is 0 Å². The molecule has 0 aliphatic carbocycles. The van der Waals surface area contributed by atoms with Gasteiger partial charge < -0.3 is 4.74 Å². The second-order valence-electron chi connectivity index (χ2n) is 4.88. The van der Waals surface area contributed by atoms with Crippen LogP contribution in [0.2, 0.25) is 0 Å². The van der Waals surface area contributed by atoms with Crippen LogP contribution in [0.5, 0.6) is 5.75 Å². The Bertz CT molecular complexity index is 906. The lowest BCUT2D eigenvalue weighted by molar-refractivity contribution is -0.0597. The van der Waals surface area contributed by atoms with Crippen LogP contribution in [0.1, 0.15) is 11.1 Å². The molecular weight excluding hydrogens is 391 g/mol. The van der Waals surface area contributed by atoms with Crippen LogP contribution in [-0.2, 0) is 14.4 Å². The van der Waals surface area contributed by atoms with Crippen molar-refractivity contribution in [3.8, 4) is 5.75 Å². The monoisotopic (exact) mass is 403 g/mol. The van der Waals surface area contributed by atoms with Gasteiger partial charge in [0.1, 0.15) is 10.6 Å². The summed E-state index contributed by atoms with van der Waals surface area (Å²) in [5, 5.41) is 4.14. The number of halogens is 3. The van der Waals surface area contributed by atoms with Gasteiger partial charge in [-0.1, -0.05) is 41.6 Å². The third-order valence-electron chi connectivity index (χ3n) is 3.16. The van der Waals surface area contributed by atoms with Crippen LogP contribution in [-0.4, -0.2) is 32.8 Å². The average molecular weight is 403 g/mol. The number of benzene rings is 2. The predicted molar refractivity (Wildman–Crippen MR) is 93.1 cm³/mol. The van der Waals surface area contributed by atoms with Gasteiger partial charge in [-0.05, 0) is 29.8 Å². The zero-order valence-electron chi connectivity index (χ0n) is 13.2. The number of thiocarbonyl (C=S) groups is 1. The molecule has 26 heavy (non-hydrogen) atoms. The summed E-state index contributed by atoms with van der Waals surface area (Å²) < 4.78 is 72.9. The van der Waals surface area contributed by atoms with Crippen LogP contribution in [0.15, 0.2) is 58.6 Å². The van der Waals surface area contributed by atoms with Crippen molar-refractivity contribution in [1.82, 2.24) is 0 Å². The summed E-state index contributed by atoms with van der Waals surface area (Å²) in [4.78, 5) is -0.361. The van der Waals surface area contributed by atoms with Gasteiger partial charge in [-0.15, -0.1) is 0 Å². The lowest BCUT2D eigenvalue weighted by atomic mass is 10.1. The number of ether oxygens (including phenoxy) is 1. The molecule has 0 atom stereocenters. The third kappa shape index (κ3) is 4.79. The largest absolute Gasteiger partial charge is 0.497 e. The van der Waals surface area contributed by atoms with Crippen LogP contribution in [0, 0.1) is 0 Å². The Balaban J connectivity index is 2.35. The molecule has 10 heteroatoms. The topological polar surface area (TPSA) is 65.0 Å². The van der Waals surface area contributed by atoms with E-state index < -0.39 is 22.0 Å². The molecule has 138 valence electrons. The summed E-state index contributed by atoms with van der Waals surface area (Å²) >= 11 is 4.68. The van der Waals surface area contributed by atoms with Gasteiger partial charge in [-0.3, -0.25) is 4.28 Å². The van der Waals surface area contributed by atoms with Crippen molar-refractivity contribution in [2.24, 2.45) is 5.16 Å². The fraction of sp³-hybridized carbons (Fsp3) is 0.125. The van der Waals surface area contributed by atoms with E-state index in [-0.39, 0.29) is 10.5 Å². The molecule has 0 N–H and O–H groups in total. The van der Waals surface area contributed by atoms with Gasteiger partial charge in [0.05, 0.1) is 7.11 Å². The van der Waals surface area contributed by atoms with E-state index in [9.17, 15) is 21.6 Å². The molecule has 0 radical (unpaired) electrons. The number of methoxy groups -OCH3 is 1. The molecular formula is C16H12F3NO4S2. The molecule has 0 fully saturated rings. The maximum atomic E-state index is 13.2. The Labute approximate surface area is 153 Å². The number of alkyl halides is 3. The van der Waals surface area contributed by atoms with Gasteiger partial charge in [0.15, 0.2) is 5.71 Å². The van der Waals surface area contributed by atoms with E-state index in [1.807, 2.05) is 0 Å². The van der Waals surface area contributed by atoms with Crippen LogP contribution >= 0.6 is 12.2 Å². The number of rotatable bonds is 6. The minimum atomic E-state index is -4.92. The lowest BCUT2D eigenvalue weighted by Crippen LogP contribution is -2.25. The molecule has 2 aromatic rings. The Morgan fingerprint density at radius 3 is 2.12 bits per heavy atom. The van der Waals surface area contributed by atoms with Crippen molar-refractivity contribution < 1.29 is 30.6 Å². The zero-order valence-corrected chi connectivity index (χ0v) is 14.9. The van der Waals surface area contributed by atoms with E-state index >= 15 is 0 Å². The molecule has 0 aliphatic heterocycles. The first-order chi connectivity index (χ1) is 12.2. The summed E-state index contributed by atoms with van der Waals surface area (Å²) in [6, 6.07) is 9.85. The normalized spacial score (nSPS) is 12.5. The minimum absolute atomic E-state index is 0.358. The van der Waals surface area contributed by atoms with Gasteiger partial charge in [-0.25, -0.2) is 0 Å². The average Bonchev–Trinajstić information content (AvgIpc) is 2.61. The lowest BCUT2D eigenvalue weighted by Gasteiger charge is -2.10. The summed E-state index contributed by atoms with van der Waals surface area (Å²) in [6.07, 6.45) is -4.92. The highest BCUT2D eigenvalue weighted by atomic mass is 32.2. The van der Waals surface area contributed by atoms with Crippen LogP contribution in [0.4, 0.5) is 13.2 Å². The van der Waals surface area contributed by atoms with E-state index in [4.69, 9.17) is 4.74 Å². The molecule has 5 nitrogen and oxygen atoms in total. The molecule has 0 saturated carbocycles. The third-order valence-corrected chi connectivity index (χ3v) is 4.56. The van der Waals surface area contributed by atoms with Crippen LogP contribution in [0.25, 0.3) is 0 Å².